The van der Waals surface area contributed by atoms with Gasteiger partial charge in [-0.2, -0.15) is 0 Å². The average Bonchev–Trinajstić information content (AvgIpc) is 3.11. The van der Waals surface area contributed by atoms with Crippen molar-refractivity contribution in [1.29, 1.82) is 0 Å². The number of nitrogens with zero attached hydrogens (tertiary/aromatic N) is 1. The molecule has 3 atom stereocenters. The number of carbonyl (C=O) groups excluding carboxylic acids is 1. The van der Waals surface area contributed by atoms with Crippen molar-refractivity contribution in [3.8, 4) is 11.1 Å². The van der Waals surface area contributed by atoms with Crippen LogP contribution in [0.2, 0.25) is 0 Å². The van der Waals surface area contributed by atoms with Crippen molar-refractivity contribution in [1.82, 2.24) is 4.90 Å². The fourth-order valence-corrected chi connectivity index (χ4v) is 4.33. The van der Waals surface area contributed by atoms with E-state index < -0.39 is 0 Å². The highest BCUT2D eigenvalue weighted by molar-refractivity contribution is 5.96. The lowest BCUT2D eigenvalue weighted by Crippen LogP contribution is -2.51. The van der Waals surface area contributed by atoms with E-state index in [0.717, 1.165) is 29.5 Å². The van der Waals surface area contributed by atoms with Crippen LogP contribution in [0.5, 0.6) is 0 Å². The number of aliphatic hydroxyl groups excluding tert-OH is 1. The molecule has 4 nitrogen and oxygen atoms in total. The van der Waals surface area contributed by atoms with E-state index in [-0.39, 0.29) is 30.6 Å². The van der Waals surface area contributed by atoms with Crippen LogP contribution >= 0.6 is 0 Å². The lowest BCUT2D eigenvalue weighted by atomic mass is 9.98. The molecule has 2 fully saturated rings. The molecule has 1 saturated heterocycles. The summed E-state index contributed by atoms with van der Waals surface area (Å²) < 4.78 is 5.85. The Morgan fingerprint density at radius 3 is 2.85 bits per heavy atom. The Morgan fingerprint density at radius 1 is 1.19 bits per heavy atom. The van der Waals surface area contributed by atoms with E-state index in [1.54, 1.807) is 0 Å². The van der Waals surface area contributed by atoms with Crippen LogP contribution in [0, 0.1) is 12.8 Å². The van der Waals surface area contributed by atoms with Crippen molar-refractivity contribution in [2.45, 2.75) is 31.9 Å². The summed E-state index contributed by atoms with van der Waals surface area (Å²) in [4.78, 5) is 15.2. The monoisotopic (exact) mass is 351 g/mol. The van der Waals surface area contributed by atoms with Gasteiger partial charge < -0.3 is 14.7 Å². The number of hydrogen-bond acceptors (Lipinski definition) is 3. The van der Waals surface area contributed by atoms with Crippen molar-refractivity contribution in [2.75, 3.05) is 19.8 Å². The smallest absolute Gasteiger partial charge is 0.254 e. The van der Waals surface area contributed by atoms with Crippen LogP contribution in [-0.2, 0) is 4.74 Å². The first-order valence-corrected chi connectivity index (χ1v) is 9.37. The van der Waals surface area contributed by atoms with Crippen LogP contribution in [-0.4, -0.2) is 47.8 Å². The number of aliphatic hydroxyl groups is 1. The highest BCUT2D eigenvalue weighted by Gasteiger charge is 2.42. The zero-order chi connectivity index (χ0) is 18.1. The lowest BCUT2D eigenvalue weighted by molar-refractivity contribution is -0.0448. The number of hydrogen-bond donors (Lipinski definition) is 1. The zero-order valence-electron chi connectivity index (χ0n) is 15.1. The largest absolute Gasteiger partial charge is 0.396 e. The minimum atomic E-state index is 0.0596. The van der Waals surface area contributed by atoms with Gasteiger partial charge in [0.25, 0.3) is 5.91 Å². The van der Waals surface area contributed by atoms with Crippen LogP contribution in [0.15, 0.2) is 48.5 Å². The summed E-state index contributed by atoms with van der Waals surface area (Å²) >= 11 is 0. The van der Waals surface area contributed by atoms with Gasteiger partial charge in [-0.15, -0.1) is 0 Å². The second-order valence-corrected chi connectivity index (χ2v) is 7.39. The molecular formula is C22H25NO3. The summed E-state index contributed by atoms with van der Waals surface area (Å²) in [5.41, 5.74) is 4.14. The van der Waals surface area contributed by atoms with Crippen molar-refractivity contribution in [3.05, 3.63) is 59.7 Å². The molecule has 1 heterocycles. The Hall–Kier alpha value is -2.17. The molecule has 2 aromatic rings. The maximum absolute atomic E-state index is 13.2. The van der Waals surface area contributed by atoms with E-state index in [1.165, 1.54) is 5.56 Å². The van der Waals surface area contributed by atoms with E-state index in [9.17, 15) is 9.90 Å². The lowest BCUT2D eigenvalue weighted by Gasteiger charge is -2.37. The van der Waals surface area contributed by atoms with Gasteiger partial charge in [0.15, 0.2) is 0 Å². The molecule has 0 spiro atoms. The first kappa shape index (κ1) is 17.3. The maximum atomic E-state index is 13.2. The summed E-state index contributed by atoms with van der Waals surface area (Å²) in [6, 6.07) is 16.2. The van der Waals surface area contributed by atoms with Gasteiger partial charge in [-0.25, -0.2) is 0 Å². The predicted octanol–water partition coefficient (Wildman–Crippen LogP) is 3.27. The average molecular weight is 351 g/mol. The number of fused-ring (bicyclic) bond motifs is 1. The SMILES string of the molecule is Cc1ccccc1-c1cccc(C(=O)N2CCOC3C[C@H](CO)C[C@@H]32)c1. The molecular weight excluding hydrogens is 326 g/mol. The fraction of sp³-hybridized carbons (Fsp3) is 0.409. The summed E-state index contributed by atoms with van der Waals surface area (Å²) in [5, 5.41) is 9.48. The standard InChI is InChI=1S/C22H25NO3/c1-15-5-2-3-8-19(15)17-6-4-7-18(13-17)22(25)23-9-10-26-21-12-16(14-24)11-20(21)23/h2-8,13,16,20-21,24H,9-12,14H2,1H3/t16-,20+,21?/m1/s1. The number of morpholine rings is 1. The normalized spacial score (nSPS) is 25.2. The molecule has 136 valence electrons. The van der Waals surface area contributed by atoms with Crippen LogP contribution in [0.4, 0.5) is 0 Å². The highest BCUT2D eigenvalue weighted by atomic mass is 16.5. The third-order valence-corrected chi connectivity index (χ3v) is 5.72. The number of carbonyl (C=O) groups is 1. The van der Waals surface area contributed by atoms with Crippen LogP contribution in [0.1, 0.15) is 28.8 Å². The quantitative estimate of drug-likeness (QED) is 0.923. The zero-order valence-corrected chi connectivity index (χ0v) is 15.1. The minimum Gasteiger partial charge on any atom is -0.396 e. The molecule has 2 aromatic carbocycles. The van der Waals surface area contributed by atoms with Gasteiger partial charge >= 0.3 is 0 Å². The van der Waals surface area contributed by atoms with Crippen molar-refractivity contribution < 1.29 is 14.6 Å². The van der Waals surface area contributed by atoms with Crippen molar-refractivity contribution in [2.24, 2.45) is 5.92 Å². The topological polar surface area (TPSA) is 49.8 Å². The Balaban J connectivity index is 1.60. The number of benzene rings is 2. The molecule has 0 radical (unpaired) electrons. The summed E-state index contributed by atoms with van der Waals surface area (Å²) in [5.74, 6) is 0.300. The van der Waals surface area contributed by atoms with Gasteiger partial charge in [-0.3, -0.25) is 4.79 Å². The molecule has 1 N–H and O–H groups in total. The number of rotatable bonds is 3. The Morgan fingerprint density at radius 2 is 2.04 bits per heavy atom. The minimum absolute atomic E-state index is 0.0596. The Bertz CT molecular complexity index is 803. The molecule has 0 bridgehead atoms. The van der Waals surface area contributed by atoms with Crippen molar-refractivity contribution >= 4 is 5.91 Å². The van der Waals surface area contributed by atoms with Crippen molar-refractivity contribution in [3.63, 3.8) is 0 Å². The number of amides is 1. The van der Waals surface area contributed by atoms with Gasteiger partial charge in [-0.1, -0.05) is 36.4 Å². The molecule has 1 unspecified atom stereocenters. The maximum Gasteiger partial charge on any atom is 0.254 e. The Kier molecular flexibility index (Phi) is 4.79. The summed E-state index contributed by atoms with van der Waals surface area (Å²) in [6.45, 7) is 3.44. The van der Waals surface area contributed by atoms with Gasteiger partial charge in [0.2, 0.25) is 0 Å². The molecule has 1 saturated carbocycles. The molecule has 0 aromatic heterocycles. The highest BCUT2D eigenvalue weighted by Crippen LogP contribution is 2.35. The first-order chi connectivity index (χ1) is 12.7. The van der Waals surface area contributed by atoms with Gasteiger partial charge in [0, 0.05) is 18.7 Å². The van der Waals surface area contributed by atoms with Crippen LogP contribution < -0.4 is 0 Å². The van der Waals surface area contributed by atoms with Crippen LogP contribution in [0.25, 0.3) is 11.1 Å². The molecule has 1 amide bonds. The fourth-order valence-electron chi connectivity index (χ4n) is 4.33. The number of aryl methyl sites for hydroxylation is 1. The van der Waals surface area contributed by atoms with E-state index in [4.69, 9.17) is 4.74 Å². The Labute approximate surface area is 154 Å². The first-order valence-electron chi connectivity index (χ1n) is 9.37. The third kappa shape index (κ3) is 3.15. The predicted molar refractivity (Wildman–Crippen MR) is 101 cm³/mol. The van der Waals surface area contributed by atoms with E-state index in [1.807, 2.05) is 35.2 Å². The summed E-state index contributed by atoms with van der Waals surface area (Å²) in [7, 11) is 0. The molecule has 1 aliphatic heterocycles. The van der Waals surface area contributed by atoms with Gasteiger partial charge in [0.05, 0.1) is 18.8 Å². The second-order valence-electron chi connectivity index (χ2n) is 7.39. The molecule has 4 rings (SSSR count). The molecule has 1 aliphatic carbocycles. The van der Waals surface area contributed by atoms with Gasteiger partial charge in [0.1, 0.15) is 0 Å². The second kappa shape index (κ2) is 7.22. The molecule has 2 aliphatic rings. The van der Waals surface area contributed by atoms with Gasteiger partial charge in [-0.05, 0) is 54.5 Å². The van der Waals surface area contributed by atoms with E-state index in [2.05, 4.69) is 25.1 Å². The third-order valence-electron chi connectivity index (χ3n) is 5.72. The molecule has 4 heteroatoms. The van der Waals surface area contributed by atoms with E-state index >= 15 is 0 Å². The van der Waals surface area contributed by atoms with Crippen LogP contribution in [0.3, 0.4) is 0 Å². The number of ether oxygens (including phenoxy) is 1. The molecule has 26 heavy (non-hydrogen) atoms. The van der Waals surface area contributed by atoms with E-state index in [0.29, 0.717) is 13.2 Å². The summed E-state index contributed by atoms with van der Waals surface area (Å²) in [6.07, 6.45) is 1.72.